The van der Waals surface area contributed by atoms with Gasteiger partial charge >= 0.3 is 11.9 Å². The molecule has 374 valence electrons. The quantitative estimate of drug-likeness (QED) is 0.0745. The molecule has 0 amide bonds. The molecule has 0 aromatic heterocycles. The van der Waals surface area contributed by atoms with Crippen molar-refractivity contribution in [2.24, 2.45) is 17.8 Å². The molecule has 4 aliphatic heterocycles. The Morgan fingerprint density at radius 3 is 2.25 bits per heavy atom. The summed E-state index contributed by atoms with van der Waals surface area (Å²) in [6.07, 6.45) is -5.13. The van der Waals surface area contributed by atoms with Gasteiger partial charge < -0.3 is 63.4 Å². The molecule has 0 radical (unpaired) electrons. The molecule has 4 heterocycles. The van der Waals surface area contributed by atoms with Crippen LogP contribution in [0.2, 0.25) is 0 Å². The molecule has 4 aliphatic rings. The molecule has 4 rings (SSSR count). The van der Waals surface area contributed by atoms with Crippen LogP contribution in [0.15, 0.2) is 0 Å². The van der Waals surface area contributed by atoms with Gasteiger partial charge in [-0.15, -0.1) is 0 Å². The molecule has 18 heteroatoms. The molecule has 16 nitrogen and oxygen atoms in total. The topological polar surface area (TPSA) is 206 Å². The summed E-state index contributed by atoms with van der Waals surface area (Å²) in [6, 6.07) is -0.873. The first-order valence-corrected chi connectivity index (χ1v) is 26.3. The van der Waals surface area contributed by atoms with Crippen LogP contribution in [0.5, 0.6) is 0 Å². The lowest BCUT2D eigenvalue weighted by Crippen LogP contribution is -2.61. The number of carbonyl (C=O) groups excluding carboxylic acids is 2. The van der Waals surface area contributed by atoms with Gasteiger partial charge in [-0.05, 0) is 114 Å². The fraction of sp³-hybridized carbons (Fsp3) is 0.957. The molecule has 0 spiro atoms. The molecule has 0 aromatic carbocycles. The number of hydrogen-bond donors (Lipinski definition) is 5. The summed E-state index contributed by atoms with van der Waals surface area (Å²) in [5, 5.41) is 47.7. The highest BCUT2D eigenvalue weighted by Gasteiger charge is 2.53. The Bertz CT molecular complexity index is 1480. The molecule has 20 atom stereocenters. The maximum atomic E-state index is 14.5. The van der Waals surface area contributed by atoms with E-state index in [1.54, 1.807) is 52.3 Å². The highest BCUT2D eigenvalue weighted by molar-refractivity contribution is 8.72. The van der Waals surface area contributed by atoms with E-state index in [-0.39, 0.29) is 49.0 Å². The van der Waals surface area contributed by atoms with Crippen molar-refractivity contribution in [1.29, 1.82) is 0 Å². The number of cyclic esters (lactones) is 1. The molecule has 0 saturated carbocycles. The van der Waals surface area contributed by atoms with E-state index in [1.165, 1.54) is 14.0 Å². The Morgan fingerprint density at radius 1 is 0.984 bits per heavy atom. The van der Waals surface area contributed by atoms with Gasteiger partial charge in [0.2, 0.25) is 10.2 Å². The number of aliphatic hydroxyl groups excluding tert-OH is 2. The van der Waals surface area contributed by atoms with E-state index < -0.39 is 112 Å². The van der Waals surface area contributed by atoms with Crippen LogP contribution < -0.4 is 0 Å². The lowest BCUT2D eigenvalue weighted by atomic mass is 9.77. The number of esters is 2. The Morgan fingerprint density at radius 2 is 1.66 bits per heavy atom. The number of methoxy groups -OCH3 is 1. The third kappa shape index (κ3) is 13.7. The SMILES string of the molecule is CC[C@H]1OC(=O)[C@H](C)[C@@H](O[C@H]2C[C@@](C)(OC)[C@@H](O)[C@H](C)O2)[C@H](C)[C@@H](O[C@@H]2O[C@H](C)C[C@H](N(C)C)[C@H]2OC(=O)CCCC[C@@H]2CCS[S+]2O)[C@](C)(O)C[C@@H](C)CN(C)[C@H](C)[C@@H](O)[C@]1(C)O. The van der Waals surface area contributed by atoms with Gasteiger partial charge in [-0.1, -0.05) is 20.8 Å². The molecule has 4 saturated heterocycles. The van der Waals surface area contributed by atoms with E-state index in [0.29, 0.717) is 19.4 Å². The van der Waals surface area contributed by atoms with E-state index >= 15 is 0 Å². The zero-order valence-electron chi connectivity index (χ0n) is 41.1. The van der Waals surface area contributed by atoms with Crippen molar-refractivity contribution in [2.45, 2.75) is 223 Å². The normalized spacial score (nSPS) is 46.0. The molecule has 0 aliphatic carbocycles. The Balaban J connectivity index is 1.77. The molecule has 64 heavy (non-hydrogen) atoms. The summed E-state index contributed by atoms with van der Waals surface area (Å²) < 4.78 is 55.2. The number of rotatable bonds is 13. The van der Waals surface area contributed by atoms with Crippen molar-refractivity contribution in [3.63, 3.8) is 0 Å². The van der Waals surface area contributed by atoms with E-state index in [4.69, 9.17) is 33.2 Å². The summed E-state index contributed by atoms with van der Waals surface area (Å²) in [6.45, 7) is 18.0. The van der Waals surface area contributed by atoms with Crippen molar-refractivity contribution >= 4 is 32.9 Å². The highest BCUT2D eigenvalue weighted by Crippen LogP contribution is 2.41. The van der Waals surface area contributed by atoms with Crippen LogP contribution in [0, 0.1) is 17.8 Å². The van der Waals surface area contributed by atoms with Gasteiger partial charge in [0.05, 0.1) is 53.3 Å². The van der Waals surface area contributed by atoms with Crippen LogP contribution in [-0.4, -0.2) is 183 Å². The number of nitrogens with zero attached hydrogens (tertiary/aromatic N) is 2. The maximum Gasteiger partial charge on any atom is 0.311 e. The van der Waals surface area contributed by atoms with Crippen molar-refractivity contribution in [1.82, 2.24) is 9.80 Å². The summed E-state index contributed by atoms with van der Waals surface area (Å²) in [7, 11) is 8.14. The minimum atomic E-state index is -1.83. The number of ether oxygens (including phenoxy) is 7. The van der Waals surface area contributed by atoms with Gasteiger partial charge in [0.25, 0.3) is 0 Å². The van der Waals surface area contributed by atoms with E-state index in [9.17, 15) is 34.6 Å². The van der Waals surface area contributed by atoms with Gasteiger partial charge in [-0.3, -0.25) is 9.59 Å². The summed E-state index contributed by atoms with van der Waals surface area (Å²) in [5.74, 6) is -2.20. The van der Waals surface area contributed by atoms with Crippen LogP contribution in [-0.2, 0) is 53.0 Å². The van der Waals surface area contributed by atoms with Crippen molar-refractivity contribution in [3.05, 3.63) is 0 Å². The standard InChI is InChI=1S/C46H85N2O14S2/c1-15-34-46(10,54)39(50)30(6)48(13)25-26(2)23-44(8,53)41(28(4)37(29(5)42(52)59-34)61-36-24-45(9,56-14)40(51)31(7)58-36)62-43-38(33(47(11)12)22-27(3)57-43)60-35(49)19-17-16-18-32-20-21-63-64(32)55/h26-34,36-41,43,50-51,53-55H,15-25H2,1-14H3/q+1/t26-,27-,28+,29-,30-,31+,32-,33+,34-,36+,37+,38-,39-,40+,41-,43+,44-,45-,46-,64?/m1/s1. The van der Waals surface area contributed by atoms with Crippen LogP contribution in [0.4, 0.5) is 0 Å². The second-order valence-corrected chi connectivity index (χ2v) is 24.0. The third-order valence-electron chi connectivity index (χ3n) is 14.5. The monoisotopic (exact) mass is 954 g/mol. The summed E-state index contributed by atoms with van der Waals surface area (Å²) in [4.78, 5) is 32.1. The molecule has 0 aromatic rings. The van der Waals surface area contributed by atoms with Gasteiger partial charge in [-0.2, -0.15) is 4.55 Å². The Kier molecular flexibility index (Phi) is 20.6. The van der Waals surface area contributed by atoms with Crippen molar-refractivity contribution < 1.29 is 67.7 Å². The van der Waals surface area contributed by atoms with E-state index in [1.807, 2.05) is 51.7 Å². The Labute approximate surface area is 390 Å². The van der Waals surface area contributed by atoms with Crippen LogP contribution >= 0.6 is 10.8 Å². The Hall–Kier alpha value is -0.840. The first kappa shape index (κ1) is 55.8. The zero-order valence-corrected chi connectivity index (χ0v) is 42.8. The predicted molar refractivity (Wildman–Crippen MR) is 247 cm³/mol. The number of hydrogen-bond acceptors (Lipinski definition) is 17. The average Bonchev–Trinajstić information content (AvgIpc) is 3.63. The van der Waals surface area contributed by atoms with E-state index in [2.05, 4.69) is 0 Å². The third-order valence-corrected chi connectivity index (χ3v) is 18.3. The first-order chi connectivity index (χ1) is 29.8. The van der Waals surface area contributed by atoms with E-state index in [0.717, 1.165) is 25.0 Å². The minimum Gasteiger partial charge on any atom is -0.459 e. The van der Waals surface area contributed by atoms with Gasteiger partial charge in [0, 0.05) is 44.9 Å². The number of carbonyl (C=O) groups is 2. The van der Waals surface area contributed by atoms with Crippen LogP contribution in [0.3, 0.4) is 0 Å². The van der Waals surface area contributed by atoms with Crippen molar-refractivity contribution in [3.8, 4) is 0 Å². The van der Waals surface area contributed by atoms with Gasteiger partial charge in [-0.25, -0.2) is 0 Å². The smallest absolute Gasteiger partial charge is 0.311 e. The largest absolute Gasteiger partial charge is 0.459 e. The fourth-order valence-electron chi connectivity index (χ4n) is 10.4. The molecule has 1 unspecified atom stereocenters. The first-order valence-electron chi connectivity index (χ1n) is 23.6. The van der Waals surface area contributed by atoms with Gasteiger partial charge in [0.1, 0.15) is 34.7 Å². The number of likely N-dealkylation sites (N-methyl/N-ethyl adjacent to an activating group) is 2. The lowest BCUT2D eigenvalue weighted by Gasteiger charge is -2.49. The molecular formula is C46H85N2O14S2+. The predicted octanol–water partition coefficient (Wildman–Crippen LogP) is 4.52. The summed E-state index contributed by atoms with van der Waals surface area (Å²) >= 11 is 0. The maximum absolute atomic E-state index is 14.5. The summed E-state index contributed by atoms with van der Waals surface area (Å²) in [5.41, 5.74) is -4.52. The number of unbranched alkanes of at least 4 members (excludes halogenated alkanes) is 1. The second-order valence-electron chi connectivity index (χ2n) is 20.4. The molecule has 0 bridgehead atoms. The van der Waals surface area contributed by atoms with Crippen LogP contribution in [0.25, 0.3) is 0 Å². The number of aliphatic hydroxyl groups is 4. The average molecular weight is 954 g/mol. The van der Waals surface area contributed by atoms with Crippen molar-refractivity contribution in [2.75, 3.05) is 40.6 Å². The lowest BCUT2D eigenvalue weighted by molar-refractivity contribution is -0.319. The van der Waals surface area contributed by atoms with Gasteiger partial charge in [0.15, 0.2) is 23.9 Å². The highest BCUT2D eigenvalue weighted by atomic mass is 33.1. The zero-order chi connectivity index (χ0) is 48.1. The molecule has 5 N–H and O–H groups in total. The second kappa shape index (κ2) is 23.6. The minimum absolute atomic E-state index is 0.105. The fourth-order valence-corrected chi connectivity index (χ4v) is 13.9. The van der Waals surface area contributed by atoms with Crippen LogP contribution in [0.1, 0.15) is 127 Å². The molecule has 4 fully saturated rings. The molecular weight excluding hydrogens is 869 g/mol.